The fourth-order valence-electron chi connectivity index (χ4n) is 3.47. The van der Waals surface area contributed by atoms with Crippen LogP contribution in [0.15, 0.2) is 38.4 Å². The van der Waals surface area contributed by atoms with E-state index in [4.69, 9.17) is 4.52 Å². The molecule has 0 aliphatic rings. The first kappa shape index (κ1) is 20.7. The van der Waals surface area contributed by atoms with Crippen LogP contribution in [0.25, 0.3) is 0 Å². The lowest BCUT2D eigenvalue weighted by Crippen LogP contribution is -2.42. The van der Waals surface area contributed by atoms with Crippen molar-refractivity contribution in [1.29, 1.82) is 0 Å². The van der Waals surface area contributed by atoms with Crippen LogP contribution in [-0.4, -0.2) is 24.4 Å². The van der Waals surface area contributed by atoms with Gasteiger partial charge < -0.3 is 14.2 Å². The highest BCUT2D eigenvalue weighted by molar-refractivity contribution is 5.23. The Kier molecular flexibility index (Phi) is 6.12. The van der Waals surface area contributed by atoms with Crippen molar-refractivity contribution in [2.75, 3.05) is 0 Å². The van der Waals surface area contributed by atoms with E-state index in [0.717, 1.165) is 21.4 Å². The van der Waals surface area contributed by atoms with Gasteiger partial charge in [-0.25, -0.2) is 4.79 Å². The van der Waals surface area contributed by atoms with Gasteiger partial charge in [-0.15, -0.1) is 0 Å². The quantitative estimate of drug-likeness (QED) is 0.650. The molecule has 8 nitrogen and oxygen atoms in total. The van der Waals surface area contributed by atoms with Gasteiger partial charge in [0.1, 0.15) is 6.54 Å². The number of aliphatic hydroxyl groups is 1. The Hall–Kier alpha value is -3.00. The van der Waals surface area contributed by atoms with Crippen molar-refractivity contribution in [3.8, 4) is 0 Å². The van der Waals surface area contributed by atoms with E-state index in [1.54, 1.807) is 7.05 Å². The number of aromatic nitrogens is 4. The number of hydrogen-bond acceptors (Lipinski definition) is 6. The summed E-state index contributed by atoms with van der Waals surface area (Å²) in [5, 5.41) is 14.3. The van der Waals surface area contributed by atoms with E-state index in [-0.39, 0.29) is 24.4 Å². The van der Waals surface area contributed by atoms with Crippen molar-refractivity contribution in [3.63, 3.8) is 0 Å². The molecule has 0 saturated heterocycles. The average molecular weight is 398 g/mol. The molecule has 2 aromatic heterocycles. The molecule has 1 atom stereocenters. The first-order valence-corrected chi connectivity index (χ1v) is 9.73. The second kappa shape index (κ2) is 8.57. The van der Waals surface area contributed by atoms with Gasteiger partial charge in [-0.1, -0.05) is 48.8 Å². The summed E-state index contributed by atoms with van der Waals surface area (Å²) in [7, 11) is 1.66. The van der Waals surface area contributed by atoms with Crippen LogP contribution in [0.1, 0.15) is 54.1 Å². The average Bonchev–Trinajstić information content (AvgIpc) is 3.15. The molecule has 1 aromatic carbocycles. The third-order valence-electron chi connectivity index (χ3n) is 5.10. The van der Waals surface area contributed by atoms with E-state index in [1.807, 2.05) is 45.0 Å². The highest BCUT2D eigenvalue weighted by Crippen LogP contribution is 2.17. The molecule has 0 radical (unpaired) electrons. The molecule has 29 heavy (non-hydrogen) atoms. The van der Waals surface area contributed by atoms with Crippen LogP contribution in [0.3, 0.4) is 0 Å². The van der Waals surface area contributed by atoms with Crippen LogP contribution in [0.4, 0.5) is 0 Å². The molecule has 0 amide bonds. The largest absolute Gasteiger partial charge is 0.388 e. The summed E-state index contributed by atoms with van der Waals surface area (Å²) in [4.78, 5) is 29.7. The zero-order chi connectivity index (χ0) is 21.1. The molecule has 3 rings (SSSR count). The van der Waals surface area contributed by atoms with Crippen LogP contribution in [-0.2, 0) is 32.9 Å². The van der Waals surface area contributed by atoms with Gasteiger partial charge in [0, 0.05) is 24.7 Å². The summed E-state index contributed by atoms with van der Waals surface area (Å²) in [6.45, 7) is 5.68. The second-order valence-corrected chi connectivity index (χ2v) is 7.10. The van der Waals surface area contributed by atoms with Crippen LogP contribution < -0.4 is 11.2 Å². The van der Waals surface area contributed by atoms with Gasteiger partial charge in [-0.05, 0) is 25.3 Å². The van der Waals surface area contributed by atoms with Crippen molar-refractivity contribution in [1.82, 2.24) is 19.3 Å². The van der Waals surface area contributed by atoms with Crippen molar-refractivity contribution in [3.05, 3.63) is 79.2 Å². The number of benzene rings is 1. The molecule has 0 saturated carbocycles. The van der Waals surface area contributed by atoms with Crippen molar-refractivity contribution < 1.29 is 9.63 Å². The Bertz CT molecular complexity index is 1110. The molecular weight excluding hydrogens is 372 g/mol. The summed E-state index contributed by atoms with van der Waals surface area (Å²) in [5.74, 6) is 0.473. The minimum Gasteiger partial charge on any atom is -0.388 e. The molecule has 0 aliphatic heterocycles. The minimum atomic E-state index is -0.771. The van der Waals surface area contributed by atoms with E-state index < -0.39 is 11.8 Å². The summed E-state index contributed by atoms with van der Waals surface area (Å²) >= 11 is 0. The third kappa shape index (κ3) is 4.22. The fraction of sp³-hybridized carbons (Fsp3) is 0.429. The maximum atomic E-state index is 12.8. The number of aliphatic hydroxyl groups excluding tert-OH is 1. The molecular formula is C21H26N4O4. The molecule has 0 fully saturated rings. The lowest BCUT2D eigenvalue weighted by atomic mass is 10.0. The number of nitrogens with zero attached hydrogens (tertiary/aromatic N) is 4. The number of aryl methyl sites for hydroxylation is 1. The standard InChI is InChI=1S/C21H26N4O4/c1-5-15-16(6-2)24(4)21(28)25(20(15)27)12-19-22-18(23-29-19)11-17(26)14-9-7-13(3)8-10-14/h7-10,17,26H,5-6,11-12H2,1-4H3/t17-/m0/s1. The highest BCUT2D eigenvalue weighted by atomic mass is 16.5. The van der Waals surface area contributed by atoms with Crippen molar-refractivity contribution in [2.24, 2.45) is 7.05 Å². The van der Waals surface area contributed by atoms with Crippen LogP contribution in [0.2, 0.25) is 0 Å². The Morgan fingerprint density at radius 1 is 1.14 bits per heavy atom. The number of rotatable bonds is 7. The Balaban J connectivity index is 1.83. The Labute approximate surface area is 168 Å². The fourth-order valence-corrected chi connectivity index (χ4v) is 3.47. The molecule has 154 valence electrons. The number of hydrogen-bond donors (Lipinski definition) is 1. The second-order valence-electron chi connectivity index (χ2n) is 7.10. The molecule has 0 unspecified atom stereocenters. The summed E-state index contributed by atoms with van der Waals surface area (Å²) in [5.41, 5.74) is 2.48. The first-order valence-electron chi connectivity index (χ1n) is 9.73. The van der Waals surface area contributed by atoms with Gasteiger partial charge in [0.05, 0.1) is 6.10 Å². The van der Waals surface area contributed by atoms with Crippen LogP contribution in [0, 0.1) is 6.92 Å². The third-order valence-corrected chi connectivity index (χ3v) is 5.10. The van der Waals surface area contributed by atoms with Crippen molar-refractivity contribution in [2.45, 2.75) is 52.7 Å². The zero-order valence-corrected chi connectivity index (χ0v) is 17.2. The molecule has 8 heteroatoms. The monoisotopic (exact) mass is 398 g/mol. The highest BCUT2D eigenvalue weighted by Gasteiger charge is 2.18. The summed E-state index contributed by atoms with van der Waals surface area (Å²) in [6, 6.07) is 7.55. The van der Waals surface area contributed by atoms with Gasteiger partial charge in [0.15, 0.2) is 5.82 Å². The normalized spacial score (nSPS) is 12.3. The maximum absolute atomic E-state index is 12.8. The molecule has 1 N–H and O–H groups in total. The van der Waals surface area contributed by atoms with E-state index in [2.05, 4.69) is 10.1 Å². The van der Waals surface area contributed by atoms with E-state index in [0.29, 0.717) is 24.2 Å². The topological polar surface area (TPSA) is 103 Å². The molecule has 0 spiro atoms. The Morgan fingerprint density at radius 2 is 1.83 bits per heavy atom. The Morgan fingerprint density at radius 3 is 2.45 bits per heavy atom. The predicted octanol–water partition coefficient (Wildman–Crippen LogP) is 1.69. The smallest absolute Gasteiger partial charge is 0.331 e. The van der Waals surface area contributed by atoms with Crippen LogP contribution in [0.5, 0.6) is 0 Å². The van der Waals surface area contributed by atoms with Gasteiger partial charge in [-0.2, -0.15) is 4.98 Å². The maximum Gasteiger partial charge on any atom is 0.331 e. The van der Waals surface area contributed by atoms with Gasteiger partial charge in [0.25, 0.3) is 5.56 Å². The van der Waals surface area contributed by atoms with E-state index >= 15 is 0 Å². The van der Waals surface area contributed by atoms with E-state index in [9.17, 15) is 14.7 Å². The molecule has 0 bridgehead atoms. The van der Waals surface area contributed by atoms with E-state index in [1.165, 1.54) is 4.57 Å². The van der Waals surface area contributed by atoms with Crippen LogP contribution >= 0.6 is 0 Å². The predicted molar refractivity (Wildman–Crippen MR) is 108 cm³/mol. The van der Waals surface area contributed by atoms with Crippen molar-refractivity contribution >= 4 is 0 Å². The SMILES string of the molecule is CCc1c(CC)n(C)c(=O)n(Cc2nc(C[C@H](O)c3ccc(C)cc3)no2)c1=O. The summed E-state index contributed by atoms with van der Waals surface area (Å²) < 4.78 is 7.84. The van der Waals surface area contributed by atoms with Gasteiger partial charge >= 0.3 is 5.69 Å². The minimum absolute atomic E-state index is 0.101. The lowest BCUT2D eigenvalue weighted by Gasteiger charge is -2.13. The first-order chi connectivity index (χ1) is 13.8. The lowest BCUT2D eigenvalue weighted by molar-refractivity contribution is 0.174. The zero-order valence-electron chi connectivity index (χ0n) is 17.2. The van der Waals surface area contributed by atoms with Gasteiger partial charge in [0.2, 0.25) is 5.89 Å². The summed E-state index contributed by atoms with van der Waals surface area (Å²) in [6.07, 6.45) is 0.543. The van der Waals surface area contributed by atoms with Gasteiger partial charge in [-0.3, -0.25) is 9.36 Å². The molecule has 0 aliphatic carbocycles. The molecule has 2 heterocycles. The molecule has 3 aromatic rings.